The molecular formula is C17H28N2. The van der Waals surface area contributed by atoms with Crippen LogP contribution in [0.15, 0.2) is 12.1 Å². The maximum atomic E-state index is 3.65. The number of nitrogens with zero attached hydrogens (tertiary/aromatic N) is 1. The maximum absolute atomic E-state index is 3.65. The van der Waals surface area contributed by atoms with Gasteiger partial charge in [-0.2, -0.15) is 0 Å². The first kappa shape index (κ1) is 14.5. The summed E-state index contributed by atoms with van der Waals surface area (Å²) in [5.41, 5.74) is 5.65. The number of benzene rings is 1. The van der Waals surface area contributed by atoms with Gasteiger partial charge in [-0.3, -0.25) is 0 Å². The van der Waals surface area contributed by atoms with Gasteiger partial charge < -0.3 is 10.2 Å². The van der Waals surface area contributed by atoms with E-state index in [1.54, 1.807) is 0 Å². The van der Waals surface area contributed by atoms with Crippen LogP contribution >= 0.6 is 0 Å². The summed E-state index contributed by atoms with van der Waals surface area (Å²) in [4.78, 5) is 2.50. The standard InChI is InChI=1S/C17H28N2/c1-13-9-15(3)16(10-14(13)2)11-18-12-17-7-5-6-8-19(17)4/h9-10,17-18H,5-8,11-12H2,1-4H3. The second-order valence-corrected chi connectivity index (χ2v) is 6.12. The lowest BCUT2D eigenvalue weighted by Gasteiger charge is -2.32. The zero-order chi connectivity index (χ0) is 13.8. The molecule has 1 aliphatic rings. The van der Waals surface area contributed by atoms with Gasteiger partial charge in [-0.25, -0.2) is 0 Å². The molecule has 2 rings (SSSR count). The molecule has 0 spiro atoms. The van der Waals surface area contributed by atoms with E-state index in [2.05, 4.69) is 50.2 Å². The lowest BCUT2D eigenvalue weighted by atomic mass is 10.00. The minimum absolute atomic E-state index is 0.723. The monoisotopic (exact) mass is 260 g/mol. The van der Waals surface area contributed by atoms with E-state index in [1.807, 2.05) is 0 Å². The van der Waals surface area contributed by atoms with Crippen LogP contribution in [0.2, 0.25) is 0 Å². The fraction of sp³-hybridized carbons (Fsp3) is 0.647. The van der Waals surface area contributed by atoms with E-state index in [1.165, 1.54) is 48.1 Å². The zero-order valence-corrected chi connectivity index (χ0v) is 12.9. The first-order valence-electron chi connectivity index (χ1n) is 7.55. The second kappa shape index (κ2) is 6.53. The Hall–Kier alpha value is -0.860. The number of aryl methyl sites for hydroxylation is 3. The number of likely N-dealkylation sites (N-methyl/N-ethyl adjacent to an activating group) is 1. The van der Waals surface area contributed by atoms with Crippen LogP contribution in [0.25, 0.3) is 0 Å². The molecule has 0 aliphatic carbocycles. The average Bonchev–Trinajstić information content (AvgIpc) is 2.38. The van der Waals surface area contributed by atoms with E-state index in [4.69, 9.17) is 0 Å². The average molecular weight is 260 g/mol. The summed E-state index contributed by atoms with van der Waals surface area (Å²) in [5.74, 6) is 0. The van der Waals surface area contributed by atoms with E-state index in [-0.39, 0.29) is 0 Å². The van der Waals surface area contributed by atoms with Crippen LogP contribution in [0.5, 0.6) is 0 Å². The third kappa shape index (κ3) is 3.80. The van der Waals surface area contributed by atoms with Crippen molar-refractivity contribution in [2.75, 3.05) is 20.1 Å². The number of rotatable bonds is 4. The molecule has 19 heavy (non-hydrogen) atoms. The minimum Gasteiger partial charge on any atom is -0.311 e. The van der Waals surface area contributed by atoms with Crippen molar-refractivity contribution in [3.05, 3.63) is 34.4 Å². The van der Waals surface area contributed by atoms with Crippen LogP contribution in [0.3, 0.4) is 0 Å². The van der Waals surface area contributed by atoms with Crippen LogP contribution < -0.4 is 5.32 Å². The molecule has 2 nitrogen and oxygen atoms in total. The Morgan fingerprint density at radius 3 is 2.58 bits per heavy atom. The van der Waals surface area contributed by atoms with Gasteiger partial charge in [-0.1, -0.05) is 18.6 Å². The molecule has 0 bridgehead atoms. The van der Waals surface area contributed by atoms with Crippen LogP contribution in [-0.4, -0.2) is 31.1 Å². The van der Waals surface area contributed by atoms with Gasteiger partial charge in [-0.15, -0.1) is 0 Å². The number of nitrogens with one attached hydrogen (secondary N) is 1. The predicted octanol–water partition coefficient (Wildman–Crippen LogP) is 3.19. The van der Waals surface area contributed by atoms with E-state index >= 15 is 0 Å². The molecule has 1 aromatic carbocycles. The van der Waals surface area contributed by atoms with Crippen LogP contribution in [0, 0.1) is 20.8 Å². The fourth-order valence-electron chi connectivity index (χ4n) is 2.99. The van der Waals surface area contributed by atoms with Gasteiger partial charge >= 0.3 is 0 Å². The number of piperidine rings is 1. The smallest absolute Gasteiger partial charge is 0.0217 e. The molecule has 1 N–H and O–H groups in total. The molecule has 106 valence electrons. The first-order chi connectivity index (χ1) is 9.08. The topological polar surface area (TPSA) is 15.3 Å². The highest BCUT2D eigenvalue weighted by Crippen LogP contribution is 2.16. The fourth-order valence-corrected chi connectivity index (χ4v) is 2.99. The SMILES string of the molecule is Cc1cc(C)c(CNCC2CCCCN2C)cc1C. The lowest BCUT2D eigenvalue weighted by Crippen LogP contribution is -2.42. The minimum atomic E-state index is 0.723. The van der Waals surface area contributed by atoms with Crippen molar-refractivity contribution >= 4 is 0 Å². The highest BCUT2D eigenvalue weighted by Gasteiger charge is 2.18. The summed E-state index contributed by atoms with van der Waals surface area (Å²) in [6.45, 7) is 9.98. The highest BCUT2D eigenvalue weighted by molar-refractivity contribution is 5.36. The Morgan fingerprint density at radius 1 is 1.11 bits per heavy atom. The van der Waals surface area contributed by atoms with Gasteiger partial charge in [0.1, 0.15) is 0 Å². The summed E-state index contributed by atoms with van der Waals surface area (Å²) in [6.07, 6.45) is 4.10. The molecule has 1 aliphatic heterocycles. The summed E-state index contributed by atoms with van der Waals surface area (Å²) >= 11 is 0. The molecule has 0 radical (unpaired) electrons. The summed E-state index contributed by atoms with van der Waals surface area (Å²) in [5, 5.41) is 3.65. The van der Waals surface area contributed by atoms with E-state index in [9.17, 15) is 0 Å². The molecular weight excluding hydrogens is 232 g/mol. The molecule has 2 heteroatoms. The molecule has 0 amide bonds. The van der Waals surface area contributed by atoms with Crippen LogP contribution in [-0.2, 0) is 6.54 Å². The third-order valence-electron chi connectivity index (χ3n) is 4.57. The maximum Gasteiger partial charge on any atom is 0.0217 e. The third-order valence-corrected chi connectivity index (χ3v) is 4.57. The molecule has 1 unspecified atom stereocenters. The van der Waals surface area contributed by atoms with Gasteiger partial charge in [0.05, 0.1) is 0 Å². The Kier molecular flexibility index (Phi) is 5.00. The van der Waals surface area contributed by atoms with Crippen LogP contribution in [0.4, 0.5) is 0 Å². The number of hydrogen-bond donors (Lipinski definition) is 1. The quantitative estimate of drug-likeness (QED) is 0.894. The summed E-state index contributed by atoms with van der Waals surface area (Å²) < 4.78 is 0. The predicted molar refractivity (Wildman–Crippen MR) is 82.6 cm³/mol. The van der Waals surface area contributed by atoms with Gasteiger partial charge in [0.15, 0.2) is 0 Å². The van der Waals surface area contributed by atoms with E-state index in [0.717, 1.165) is 19.1 Å². The Morgan fingerprint density at radius 2 is 1.84 bits per heavy atom. The van der Waals surface area contributed by atoms with Crippen molar-refractivity contribution in [3.63, 3.8) is 0 Å². The highest BCUT2D eigenvalue weighted by atomic mass is 15.2. The lowest BCUT2D eigenvalue weighted by molar-refractivity contribution is 0.181. The van der Waals surface area contributed by atoms with Gasteiger partial charge in [0.2, 0.25) is 0 Å². The molecule has 1 aromatic rings. The van der Waals surface area contributed by atoms with Crippen molar-refractivity contribution in [1.82, 2.24) is 10.2 Å². The Bertz CT molecular complexity index is 426. The van der Waals surface area contributed by atoms with E-state index in [0.29, 0.717) is 0 Å². The molecule has 0 aromatic heterocycles. The normalized spacial score (nSPS) is 20.7. The number of hydrogen-bond acceptors (Lipinski definition) is 2. The van der Waals surface area contributed by atoms with Gasteiger partial charge in [0, 0.05) is 19.1 Å². The largest absolute Gasteiger partial charge is 0.311 e. The Balaban J connectivity index is 1.87. The number of likely N-dealkylation sites (tertiary alicyclic amines) is 1. The zero-order valence-electron chi connectivity index (χ0n) is 12.9. The molecule has 0 saturated carbocycles. The second-order valence-electron chi connectivity index (χ2n) is 6.12. The van der Waals surface area contributed by atoms with E-state index < -0.39 is 0 Å². The summed E-state index contributed by atoms with van der Waals surface area (Å²) in [6, 6.07) is 5.36. The molecule has 1 heterocycles. The summed E-state index contributed by atoms with van der Waals surface area (Å²) in [7, 11) is 2.26. The van der Waals surface area contributed by atoms with Gasteiger partial charge in [0.25, 0.3) is 0 Å². The van der Waals surface area contributed by atoms with Crippen LogP contribution in [0.1, 0.15) is 41.5 Å². The van der Waals surface area contributed by atoms with Crippen molar-refractivity contribution in [2.45, 2.75) is 52.6 Å². The van der Waals surface area contributed by atoms with Crippen molar-refractivity contribution in [1.29, 1.82) is 0 Å². The molecule has 1 atom stereocenters. The first-order valence-corrected chi connectivity index (χ1v) is 7.55. The van der Waals surface area contributed by atoms with Crippen molar-refractivity contribution < 1.29 is 0 Å². The molecule has 1 fully saturated rings. The Labute approximate surface area is 118 Å². The van der Waals surface area contributed by atoms with Crippen molar-refractivity contribution in [2.24, 2.45) is 0 Å². The van der Waals surface area contributed by atoms with Gasteiger partial charge in [-0.05, 0) is 69.5 Å². The van der Waals surface area contributed by atoms with Crippen molar-refractivity contribution in [3.8, 4) is 0 Å². The molecule has 1 saturated heterocycles.